The van der Waals surface area contributed by atoms with Gasteiger partial charge in [0.15, 0.2) is 9.84 Å². The Morgan fingerprint density at radius 2 is 2.00 bits per heavy atom. The molecule has 4 heteroatoms. The van der Waals surface area contributed by atoms with E-state index in [1.165, 1.54) is 6.07 Å². The van der Waals surface area contributed by atoms with Crippen molar-refractivity contribution in [3.63, 3.8) is 0 Å². The minimum absolute atomic E-state index is 0.174. The molecule has 0 saturated carbocycles. The largest absolute Gasteiger partial charge is 0.387 e. The van der Waals surface area contributed by atoms with Crippen molar-refractivity contribution in [3.8, 4) is 0 Å². The van der Waals surface area contributed by atoms with Gasteiger partial charge in [-0.05, 0) is 6.07 Å². The fourth-order valence-corrected chi connectivity index (χ4v) is 3.05. The maximum absolute atomic E-state index is 11.3. The van der Waals surface area contributed by atoms with E-state index in [0.717, 1.165) is 0 Å². The summed E-state index contributed by atoms with van der Waals surface area (Å²) in [5.74, 6) is -0.174. The summed E-state index contributed by atoms with van der Waals surface area (Å²) in [6.45, 7) is 0. The second-order valence-electron chi connectivity index (χ2n) is 2.84. The summed E-state index contributed by atoms with van der Waals surface area (Å²) in [5.41, 5.74) is 0.525. The summed E-state index contributed by atoms with van der Waals surface area (Å²) < 4.78 is 22.6. The van der Waals surface area contributed by atoms with Crippen molar-refractivity contribution in [1.29, 1.82) is 0 Å². The van der Waals surface area contributed by atoms with E-state index in [1.807, 2.05) is 0 Å². The van der Waals surface area contributed by atoms with Crippen LogP contribution < -0.4 is 0 Å². The van der Waals surface area contributed by atoms with Crippen LogP contribution in [0.5, 0.6) is 0 Å². The average molecular weight is 184 g/mol. The minimum Gasteiger partial charge on any atom is -0.387 e. The fourth-order valence-electron chi connectivity index (χ4n) is 1.43. The van der Waals surface area contributed by atoms with Gasteiger partial charge >= 0.3 is 0 Å². The van der Waals surface area contributed by atoms with E-state index >= 15 is 0 Å². The highest BCUT2D eigenvalue weighted by atomic mass is 32.2. The summed E-state index contributed by atoms with van der Waals surface area (Å²) in [6, 6.07) is 6.56. The first kappa shape index (κ1) is 7.76. The topological polar surface area (TPSA) is 54.4 Å². The molecule has 1 atom stereocenters. The van der Waals surface area contributed by atoms with Crippen molar-refractivity contribution in [1.82, 2.24) is 0 Å². The van der Waals surface area contributed by atoms with Crippen molar-refractivity contribution in [2.75, 3.05) is 5.75 Å². The zero-order valence-electron chi connectivity index (χ0n) is 6.27. The number of aliphatic hydroxyl groups is 1. The Bertz CT molecular complexity index is 408. The molecule has 0 aromatic heterocycles. The summed E-state index contributed by atoms with van der Waals surface area (Å²) in [4.78, 5) is 0.275. The normalized spacial score (nSPS) is 25.2. The first-order valence-electron chi connectivity index (χ1n) is 3.61. The number of aliphatic hydroxyl groups excluding tert-OH is 1. The zero-order valence-corrected chi connectivity index (χ0v) is 7.08. The van der Waals surface area contributed by atoms with Crippen LogP contribution in [-0.2, 0) is 9.84 Å². The van der Waals surface area contributed by atoms with Crippen LogP contribution >= 0.6 is 0 Å². The second kappa shape index (κ2) is 2.31. The SMILES string of the molecule is O=S1(=O)C[C@H](O)c2ccccc21. The van der Waals surface area contributed by atoms with E-state index in [9.17, 15) is 13.5 Å². The number of hydrogen-bond acceptors (Lipinski definition) is 3. The van der Waals surface area contributed by atoms with Gasteiger partial charge in [-0.2, -0.15) is 0 Å². The Balaban J connectivity index is 2.74. The highest BCUT2D eigenvalue weighted by Crippen LogP contribution is 2.32. The van der Waals surface area contributed by atoms with Gasteiger partial charge in [-0.1, -0.05) is 18.2 Å². The molecule has 0 bridgehead atoms. The Labute approximate surface area is 70.6 Å². The molecule has 0 spiro atoms. The Morgan fingerprint density at radius 3 is 2.67 bits per heavy atom. The molecule has 0 unspecified atom stereocenters. The van der Waals surface area contributed by atoms with Gasteiger partial charge in [0, 0.05) is 5.56 Å². The lowest BCUT2D eigenvalue weighted by Crippen LogP contribution is -2.01. The quantitative estimate of drug-likeness (QED) is 0.639. The van der Waals surface area contributed by atoms with E-state index in [4.69, 9.17) is 0 Å². The van der Waals surface area contributed by atoms with Gasteiger partial charge in [0.1, 0.15) is 0 Å². The van der Waals surface area contributed by atoms with E-state index in [2.05, 4.69) is 0 Å². The van der Waals surface area contributed by atoms with Crippen LogP contribution in [-0.4, -0.2) is 19.3 Å². The molecule has 0 fully saturated rings. The summed E-state index contributed by atoms with van der Waals surface area (Å²) in [5, 5.41) is 9.34. The van der Waals surface area contributed by atoms with Crippen LogP contribution in [0, 0.1) is 0 Å². The average Bonchev–Trinajstić information content (AvgIpc) is 2.25. The van der Waals surface area contributed by atoms with Crippen molar-refractivity contribution in [3.05, 3.63) is 29.8 Å². The minimum atomic E-state index is -3.20. The predicted octanol–water partition coefficient (Wildman–Crippen LogP) is 0.507. The highest BCUT2D eigenvalue weighted by Gasteiger charge is 2.32. The molecule has 1 aromatic rings. The smallest absolute Gasteiger partial charge is 0.181 e. The van der Waals surface area contributed by atoms with Crippen molar-refractivity contribution in [2.24, 2.45) is 0 Å². The van der Waals surface area contributed by atoms with Crippen LogP contribution in [0.25, 0.3) is 0 Å². The Hall–Kier alpha value is -0.870. The van der Waals surface area contributed by atoms with Gasteiger partial charge < -0.3 is 5.11 Å². The summed E-state index contributed by atoms with van der Waals surface area (Å²) in [7, 11) is -3.20. The standard InChI is InChI=1S/C8H8O3S/c9-7-5-12(10,11)8-4-2-1-3-6(7)8/h1-4,7,9H,5H2/t7-/m0/s1. The number of hydrogen-bond donors (Lipinski definition) is 1. The van der Waals surface area contributed by atoms with Crippen LogP contribution in [0.1, 0.15) is 11.7 Å². The van der Waals surface area contributed by atoms with Crippen LogP contribution in [0.3, 0.4) is 0 Å². The van der Waals surface area contributed by atoms with Gasteiger partial charge in [0.05, 0.1) is 16.8 Å². The third-order valence-electron chi connectivity index (χ3n) is 1.99. The first-order valence-corrected chi connectivity index (χ1v) is 5.26. The molecule has 0 aliphatic carbocycles. The summed E-state index contributed by atoms with van der Waals surface area (Å²) >= 11 is 0. The summed E-state index contributed by atoms with van der Waals surface area (Å²) in [6.07, 6.45) is -0.841. The van der Waals surface area contributed by atoms with Gasteiger partial charge in [-0.15, -0.1) is 0 Å². The maximum Gasteiger partial charge on any atom is 0.181 e. The van der Waals surface area contributed by atoms with E-state index in [1.54, 1.807) is 18.2 Å². The molecule has 1 heterocycles. The molecule has 1 N–H and O–H groups in total. The predicted molar refractivity (Wildman–Crippen MR) is 43.5 cm³/mol. The molecule has 0 radical (unpaired) electrons. The maximum atomic E-state index is 11.3. The van der Waals surface area contributed by atoms with Crippen LogP contribution in [0.15, 0.2) is 29.2 Å². The van der Waals surface area contributed by atoms with Crippen molar-refractivity contribution < 1.29 is 13.5 Å². The lowest BCUT2D eigenvalue weighted by atomic mass is 10.1. The molecule has 2 rings (SSSR count). The van der Waals surface area contributed by atoms with Crippen LogP contribution in [0.4, 0.5) is 0 Å². The monoisotopic (exact) mass is 184 g/mol. The highest BCUT2D eigenvalue weighted by molar-refractivity contribution is 7.91. The second-order valence-corrected chi connectivity index (χ2v) is 4.84. The molecular formula is C8H8O3S. The van der Waals surface area contributed by atoms with Gasteiger partial charge in [-0.3, -0.25) is 0 Å². The number of benzene rings is 1. The van der Waals surface area contributed by atoms with Gasteiger partial charge in [0.2, 0.25) is 0 Å². The lowest BCUT2D eigenvalue weighted by Gasteiger charge is -1.98. The molecule has 1 aliphatic rings. The van der Waals surface area contributed by atoms with E-state index < -0.39 is 15.9 Å². The fraction of sp³-hybridized carbons (Fsp3) is 0.250. The lowest BCUT2D eigenvalue weighted by molar-refractivity contribution is 0.204. The molecule has 12 heavy (non-hydrogen) atoms. The third-order valence-corrected chi connectivity index (χ3v) is 3.79. The Morgan fingerprint density at radius 1 is 1.33 bits per heavy atom. The van der Waals surface area contributed by atoms with Crippen LogP contribution in [0.2, 0.25) is 0 Å². The molecule has 0 amide bonds. The molecule has 1 aromatic carbocycles. The number of fused-ring (bicyclic) bond motifs is 1. The number of rotatable bonds is 0. The molecule has 0 saturated heterocycles. The molecular weight excluding hydrogens is 176 g/mol. The molecule has 1 aliphatic heterocycles. The van der Waals surface area contributed by atoms with E-state index in [-0.39, 0.29) is 10.6 Å². The third kappa shape index (κ3) is 0.956. The van der Waals surface area contributed by atoms with Gasteiger partial charge in [-0.25, -0.2) is 8.42 Å². The number of sulfone groups is 1. The molecule has 3 nitrogen and oxygen atoms in total. The molecule has 64 valence electrons. The zero-order chi connectivity index (χ0) is 8.77. The van der Waals surface area contributed by atoms with E-state index in [0.29, 0.717) is 5.56 Å². The first-order chi connectivity index (χ1) is 5.61. The van der Waals surface area contributed by atoms with Gasteiger partial charge in [0.25, 0.3) is 0 Å². The van der Waals surface area contributed by atoms with Crippen molar-refractivity contribution >= 4 is 9.84 Å². The Kier molecular flexibility index (Phi) is 1.49. The van der Waals surface area contributed by atoms with Crippen molar-refractivity contribution in [2.45, 2.75) is 11.0 Å².